The van der Waals surface area contributed by atoms with Crippen LogP contribution in [0.4, 0.5) is 11.6 Å². The average molecular weight is 287 g/mol. The van der Waals surface area contributed by atoms with E-state index in [1.54, 1.807) is 13.3 Å². The maximum atomic E-state index is 5.12. The molecule has 2 rings (SSSR count). The molecule has 2 aromatic rings. The van der Waals surface area contributed by atoms with E-state index in [9.17, 15) is 0 Å². The molecule has 21 heavy (non-hydrogen) atoms. The van der Waals surface area contributed by atoms with Crippen LogP contribution in [0.1, 0.15) is 31.2 Å². The summed E-state index contributed by atoms with van der Waals surface area (Å²) in [5.41, 5.74) is 1.08. The van der Waals surface area contributed by atoms with Crippen LogP contribution in [0, 0.1) is 0 Å². The number of aromatic nitrogens is 3. The van der Waals surface area contributed by atoms with E-state index in [0.29, 0.717) is 12.4 Å². The summed E-state index contributed by atoms with van der Waals surface area (Å²) in [4.78, 5) is 13.1. The van der Waals surface area contributed by atoms with Crippen molar-refractivity contribution in [3.63, 3.8) is 0 Å². The van der Waals surface area contributed by atoms with Crippen LogP contribution in [0.3, 0.4) is 0 Å². The molecule has 0 amide bonds. The Morgan fingerprint density at radius 2 is 1.95 bits per heavy atom. The van der Waals surface area contributed by atoms with Gasteiger partial charge in [0.25, 0.3) is 0 Å². The van der Waals surface area contributed by atoms with Gasteiger partial charge in [0.05, 0.1) is 7.11 Å². The van der Waals surface area contributed by atoms with Crippen LogP contribution in [0.2, 0.25) is 0 Å². The monoisotopic (exact) mass is 287 g/mol. The molecule has 0 unspecified atom stereocenters. The summed E-state index contributed by atoms with van der Waals surface area (Å²) in [6.45, 7) is 4.80. The Balaban J connectivity index is 2.13. The molecule has 0 aliphatic rings. The van der Waals surface area contributed by atoms with Gasteiger partial charge in [0.2, 0.25) is 5.88 Å². The molecule has 0 bridgehead atoms. The van der Waals surface area contributed by atoms with Crippen molar-refractivity contribution in [2.45, 2.75) is 26.3 Å². The van der Waals surface area contributed by atoms with E-state index < -0.39 is 0 Å². The summed E-state index contributed by atoms with van der Waals surface area (Å²) < 4.78 is 5.12. The Bertz CT molecular complexity index is 600. The highest BCUT2D eigenvalue weighted by Gasteiger charge is 2.07. The summed E-state index contributed by atoms with van der Waals surface area (Å²) in [6.07, 6.45) is 1.73. The van der Waals surface area contributed by atoms with Crippen LogP contribution in [-0.2, 0) is 6.54 Å². The van der Waals surface area contributed by atoms with Crippen LogP contribution >= 0.6 is 0 Å². The van der Waals surface area contributed by atoms with E-state index in [1.807, 2.05) is 25.2 Å². The summed E-state index contributed by atoms with van der Waals surface area (Å²) in [7, 11) is 3.46. The minimum atomic E-state index is 0.278. The molecule has 6 nitrogen and oxygen atoms in total. The van der Waals surface area contributed by atoms with Crippen molar-refractivity contribution < 1.29 is 4.74 Å². The van der Waals surface area contributed by atoms with E-state index >= 15 is 0 Å². The van der Waals surface area contributed by atoms with Crippen molar-refractivity contribution in [1.82, 2.24) is 15.0 Å². The second kappa shape index (κ2) is 6.88. The second-order valence-corrected chi connectivity index (χ2v) is 4.96. The minimum absolute atomic E-state index is 0.278. The van der Waals surface area contributed by atoms with Gasteiger partial charge in [-0.2, -0.15) is 0 Å². The summed E-state index contributed by atoms with van der Waals surface area (Å²) in [5, 5.41) is 6.37. The molecule has 0 radical (unpaired) electrons. The summed E-state index contributed by atoms with van der Waals surface area (Å²) in [5.74, 6) is 3.31. The lowest BCUT2D eigenvalue weighted by atomic mass is 10.2. The van der Waals surface area contributed by atoms with Gasteiger partial charge in [-0.25, -0.2) is 15.0 Å². The van der Waals surface area contributed by atoms with E-state index in [-0.39, 0.29) is 5.92 Å². The first-order chi connectivity index (χ1) is 10.1. The Morgan fingerprint density at radius 3 is 2.62 bits per heavy atom. The van der Waals surface area contributed by atoms with E-state index in [4.69, 9.17) is 4.74 Å². The number of anilines is 2. The standard InChI is InChI=1S/C15H21N5O/c1-10(2)15-19-12(16-3)8-13(20-15)18-9-11-5-6-17-14(7-11)21-4/h5-8,10H,9H2,1-4H3,(H2,16,18,19,20). The van der Waals surface area contributed by atoms with Gasteiger partial charge in [0.1, 0.15) is 17.5 Å². The molecule has 6 heteroatoms. The lowest BCUT2D eigenvalue weighted by molar-refractivity contribution is 0.397. The third kappa shape index (κ3) is 4.05. The zero-order valence-electron chi connectivity index (χ0n) is 12.8. The molecular weight excluding hydrogens is 266 g/mol. The van der Waals surface area contributed by atoms with Gasteiger partial charge < -0.3 is 15.4 Å². The Labute approximate surface area is 125 Å². The third-order valence-electron chi connectivity index (χ3n) is 3.00. The molecule has 0 fully saturated rings. The number of hydrogen-bond acceptors (Lipinski definition) is 6. The largest absolute Gasteiger partial charge is 0.481 e. The van der Waals surface area contributed by atoms with Crippen LogP contribution in [0.5, 0.6) is 5.88 Å². The Kier molecular flexibility index (Phi) is 4.92. The van der Waals surface area contributed by atoms with E-state index in [1.165, 1.54) is 0 Å². The molecule has 112 valence electrons. The summed E-state index contributed by atoms with van der Waals surface area (Å²) in [6, 6.07) is 5.74. The molecule has 2 aromatic heterocycles. The van der Waals surface area contributed by atoms with Gasteiger partial charge in [-0.15, -0.1) is 0 Å². The maximum Gasteiger partial charge on any atom is 0.213 e. The van der Waals surface area contributed by atoms with Crippen LogP contribution in [-0.4, -0.2) is 29.1 Å². The molecule has 0 aliphatic heterocycles. The predicted octanol–water partition coefficient (Wildman–Crippen LogP) is 2.66. The lowest BCUT2D eigenvalue weighted by Gasteiger charge is -2.11. The number of pyridine rings is 1. The number of methoxy groups -OCH3 is 1. The zero-order chi connectivity index (χ0) is 15.2. The van der Waals surface area contributed by atoms with Crippen molar-refractivity contribution in [3.05, 3.63) is 35.8 Å². The fraction of sp³-hybridized carbons (Fsp3) is 0.400. The molecular formula is C15H21N5O. The van der Waals surface area contributed by atoms with Crippen molar-refractivity contribution in [1.29, 1.82) is 0 Å². The van der Waals surface area contributed by atoms with Gasteiger partial charge in [0, 0.05) is 37.8 Å². The van der Waals surface area contributed by atoms with Gasteiger partial charge in [-0.1, -0.05) is 13.8 Å². The zero-order valence-corrected chi connectivity index (χ0v) is 12.8. The molecule has 0 saturated carbocycles. The lowest BCUT2D eigenvalue weighted by Crippen LogP contribution is -2.07. The van der Waals surface area contributed by atoms with Crippen molar-refractivity contribution in [2.75, 3.05) is 24.8 Å². The predicted molar refractivity (Wildman–Crippen MR) is 83.8 cm³/mol. The number of nitrogens with zero attached hydrogens (tertiary/aromatic N) is 3. The highest BCUT2D eigenvalue weighted by Crippen LogP contribution is 2.17. The van der Waals surface area contributed by atoms with Crippen LogP contribution in [0.25, 0.3) is 0 Å². The molecule has 0 atom stereocenters. The van der Waals surface area contributed by atoms with Crippen molar-refractivity contribution >= 4 is 11.6 Å². The highest BCUT2D eigenvalue weighted by atomic mass is 16.5. The van der Waals surface area contributed by atoms with Gasteiger partial charge in [-0.05, 0) is 11.6 Å². The normalized spacial score (nSPS) is 10.5. The number of nitrogens with one attached hydrogen (secondary N) is 2. The quantitative estimate of drug-likeness (QED) is 0.851. The fourth-order valence-corrected chi connectivity index (χ4v) is 1.81. The van der Waals surface area contributed by atoms with Crippen molar-refractivity contribution in [3.8, 4) is 5.88 Å². The number of rotatable bonds is 6. The topological polar surface area (TPSA) is 72.0 Å². The van der Waals surface area contributed by atoms with Gasteiger partial charge >= 0.3 is 0 Å². The van der Waals surface area contributed by atoms with Crippen LogP contribution < -0.4 is 15.4 Å². The average Bonchev–Trinajstić information content (AvgIpc) is 2.52. The Hall–Kier alpha value is -2.37. The smallest absolute Gasteiger partial charge is 0.213 e. The molecule has 0 spiro atoms. The number of hydrogen-bond donors (Lipinski definition) is 2. The van der Waals surface area contributed by atoms with Gasteiger partial charge in [-0.3, -0.25) is 0 Å². The molecule has 2 N–H and O–H groups in total. The van der Waals surface area contributed by atoms with Crippen molar-refractivity contribution in [2.24, 2.45) is 0 Å². The molecule has 0 aliphatic carbocycles. The minimum Gasteiger partial charge on any atom is -0.481 e. The van der Waals surface area contributed by atoms with Crippen LogP contribution in [0.15, 0.2) is 24.4 Å². The van der Waals surface area contributed by atoms with Gasteiger partial charge in [0.15, 0.2) is 0 Å². The van der Waals surface area contributed by atoms with E-state index in [0.717, 1.165) is 23.0 Å². The first-order valence-electron chi connectivity index (χ1n) is 6.92. The number of ether oxygens (including phenoxy) is 1. The van der Waals surface area contributed by atoms with E-state index in [2.05, 4.69) is 39.4 Å². The summed E-state index contributed by atoms with van der Waals surface area (Å²) >= 11 is 0. The maximum absolute atomic E-state index is 5.12. The second-order valence-electron chi connectivity index (χ2n) is 4.96. The Morgan fingerprint density at radius 1 is 1.19 bits per heavy atom. The molecule has 0 aromatic carbocycles. The SMILES string of the molecule is CNc1cc(NCc2ccnc(OC)c2)nc(C(C)C)n1. The molecule has 2 heterocycles. The first-order valence-corrected chi connectivity index (χ1v) is 6.92. The molecule has 0 saturated heterocycles. The first kappa shape index (κ1) is 15.0. The third-order valence-corrected chi connectivity index (χ3v) is 3.00. The fourth-order valence-electron chi connectivity index (χ4n) is 1.81. The highest BCUT2D eigenvalue weighted by molar-refractivity contribution is 5.47.